The van der Waals surface area contributed by atoms with Crippen molar-refractivity contribution in [3.05, 3.63) is 29.8 Å². The highest BCUT2D eigenvalue weighted by Crippen LogP contribution is 2.47. The molecule has 2 fully saturated rings. The molecule has 6 heteroatoms. The summed E-state index contributed by atoms with van der Waals surface area (Å²) in [5.74, 6) is 1.59. The third-order valence-electron chi connectivity index (χ3n) is 5.25. The van der Waals surface area contributed by atoms with Crippen LogP contribution in [0.3, 0.4) is 0 Å². The van der Waals surface area contributed by atoms with E-state index in [1.165, 1.54) is 0 Å². The number of methoxy groups -OCH3 is 1. The Bertz CT molecular complexity index is 535. The van der Waals surface area contributed by atoms with E-state index in [0.29, 0.717) is 11.8 Å². The Morgan fingerprint density at radius 2 is 2.00 bits per heavy atom. The van der Waals surface area contributed by atoms with E-state index in [4.69, 9.17) is 10.5 Å². The standard InChI is InChI=1S/C17H24N2O3.ClH/c1-22-13-6-4-10(5-7-13)14(20)9-19-17(21)15-11-2-3-12(8-11)16(15)18;/h4-7,11-12,14-16,20H,2-3,8-9,18H2,1H3,(H,19,21);1H. The minimum Gasteiger partial charge on any atom is -0.497 e. The summed E-state index contributed by atoms with van der Waals surface area (Å²) in [7, 11) is 1.60. The van der Waals surface area contributed by atoms with Gasteiger partial charge in [0.25, 0.3) is 0 Å². The Morgan fingerprint density at radius 1 is 1.35 bits per heavy atom. The molecule has 5 nitrogen and oxygen atoms in total. The van der Waals surface area contributed by atoms with Gasteiger partial charge in [0.2, 0.25) is 5.91 Å². The predicted octanol–water partition coefficient (Wildman–Crippen LogP) is 1.64. The molecule has 0 aromatic heterocycles. The number of benzene rings is 1. The maximum atomic E-state index is 12.4. The van der Waals surface area contributed by atoms with Gasteiger partial charge in [-0.25, -0.2) is 0 Å². The summed E-state index contributed by atoms with van der Waals surface area (Å²) < 4.78 is 5.09. The molecule has 0 radical (unpaired) electrons. The van der Waals surface area contributed by atoms with E-state index in [9.17, 15) is 9.90 Å². The number of fused-ring (bicyclic) bond motifs is 2. The van der Waals surface area contributed by atoms with Crippen LogP contribution in [0, 0.1) is 17.8 Å². The molecule has 2 bridgehead atoms. The second-order valence-electron chi connectivity index (χ2n) is 6.47. The minimum atomic E-state index is -0.718. The first kappa shape index (κ1) is 18.0. The first-order valence-corrected chi connectivity index (χ1v) is 7.95. The lowest BCUT2D eigenvalue weighted by Crippen LogP contribution is -2.46. The van der Waals surface area contributed by atoms with Gasteiger partial charge in [0.1, 0.15) is 5.75 Å². The molecule has 2 saturated carbocycles. The fourth-order valence-electron chi connectivity index (χ4n) is 3.98. The van der Waals surface area contributed by atoms with Crippen molar-refractivity contribution in [1.82, 2.24) is 5.32 Å². The number of aliphatic hydroxyl groups is 1. The molecule has 1 aromatic rings. The van der Waals surface area contributed by atoms with Crippen molar-refractivity contribution in [2.24, 2.45) is 23.5 Å². The minimum absolute atomic E-state index is 0. The van der Waals surface area contributed by atoms with Gasteiger partial charge >= 0.3 is 0 Å². The normalized spacial score (nSPS) is 29.7. The molecule has 2 aliphatic carbocycles. The van der Waals surface area contributed by atoms with Gasteiger partial charge in [0.15, 0.2) is 0 Å². The highest BCUT2D eigenvalue weighted by Gasteiger charge is 2.48. The van der Waals surface area contributed by atoms with Crippen molar-refractivity contribution < 1.29 is 14.6 Å². The Morgan fingerprint density at radius 3 is 2.57 bits per heavy atom. The number of hydrogen-bond acceptors (Lipinski definition) is 4. The largest absolute Gasteiger partial charge is 0.497 e. The van der Waals surface area contributed by atoms with Crippen molar-refractivity contribution in [2.45, 2.75) is 31.4 Å². The first-order chi connectivity index (χ1) is 10.6. The summed E-state index contributed by atoms with van der Waals surface area (Å²) in [5, 5.41) is 13.1. The van der Waals surface area contributed by atoms with Gasteiger partial charge in [-0.05, 0) is 48.8 Å². The Labute approximate surface area is 143 Å². The molecule has 0 saturated heterocycles. The monoisotopic (exact) mass is 340 g/mol. The van der Waals surface area contributed by atoms with Gasteiger partial charge in [-0.1, -0.05) is 12.1 Å². The van der Waals surface area contributed by atoms with Crippen LogP contribution in [0.25, 0.3) is 0 Å². The van der Waals surface area contributed by atoms with Crippen LogP contribution in [0.1, 0.15) is 30.9 Å². The summed E-state index contributed by atoms with van der Waals surface area (Å²) in [6.45, 7) is 0.214. The van der Waals surface area contributed by atoms with Crippen LogP contribution in [0.4, 0.5) is 0 Å². The number of carbonyl (C=O) groups is 1. The van der Waals surface area contributed by atoms with Crippen molar-refractivity contribution in [1.29, 1.82) is 0 Å². The highest BCUT2D eigenvalue weighted by atomic mass is 35.5. The number of hydrogen-bond donors (Lipinski definition) is 3. The maximum absolute atomic E-state index is 12.4. The van der Waals surface area contributed by atoms with Crippen molar-refractivity contribution in [3.63, 3.8) is 0 Å². The average molecular weight is 341 g/mol. The number of nitrogens with one attached hydrogen (secondary N) is 1. The lowest BCUT2D eigenvalue weighted by Gasteiger charge is -2.27. The first-order valence-electron chi connectivity index (χ1n) is 7.95. The number of carbonyl (C=O) groups excluding carboxylic acids is 1. The van der Waals surface area contributed by atoms with E-state index in [2.05, 4.69) is 5.32 Å². The van der Waals surface area contributed by atoms with Crippen LogP contribution in [0.5, 0.6) is 5.75 Å². The fraction of sp³-hybridized carbons (Fsp3) is 0.588. The van der Waals surface area contributed by atoms with E-state index >= 15 is 0 Å². The summed E-state index contributed by atoms with van der Waals surface area (Å²) in [4.78, 5) is 12.4. The molecular weight excluding hydrogens is 316 g/mol. The third-order valence-corrected chi connectivity index (χ3v) is 5.25. The zero-order chi connectivity index (χ0) is 15.7. The van der Waals surface area contributed by atoms with Crippen molar-refractivity contribution >= 4 is 18.3 Å². The molecule has 23 heavy (non-hydrogen) atoms. The smallest absolute Gasteiger partial charge is 0.225 e. The lowest BCUT2D eigenvalue weighted by atomic mass is 9.84. The van der Waals surface area contributed by atoms with E-state index in [1.807, 2.05) is 0 Å². The van der Waals surface area contributed by atoms with Crippen LogP contribution in [0.15, 0.2) is 24.3 Å². The van der Waals surface area contributed by atoms with E-state index in [1.54, 1.807) is 31.4 Å². The summed E-state index contributed by atoms with van der Waals surface area (Å²) in [6, 6.07) is 7.19. The molecule has 0 aliphatic heterocycles. The second-order valence-corrected chi connectivity index (χ2v) is 6.47. The number of rotatable bonds is 5. The van der Waals surface area contributed by atoms with Crippen LogP contribution in [-0.4, -0.2) is 30.7 Å². The molecule has 1 aromatic carbocycles. The second kappa shape index (κ2) is 7.51. The zero-order valence-corrected chi connectivity index (χ0v) is 14.1. The van der Waals surface area contributed by atoms with E-state index in [0.717, 1.165) is 30.6 Å². The molecular formula is C17H25ClN2O3. The Hall–Kier alpha value is -1.30. The molecule has 5 atom stereocenters. The number of halogens is 1. The molecule has 4 N–H and O–H groups in total. The Kier molecular flexibility index (Phi) is 5.89. The van der Waals surface area contributed by atoms with Gasteiger partial charge in [-0.15, -0.1) is 12.4 Å². The number of nitrogens with two attached hydrogens (primary N) is 1. The third kappa shape index (κ3) is 3.62. The van der Waals surface area contributed by atoms with Gasteiger partial charge in [-0.2, -0.15) is 0 Å². The topological polar surface area (TPSA) is 84.6 Å². The van der Waals surface area contributed by atoms with Crippen molar-refractivity contribution in [2.75, 3.05) is 13.7 Å². The van der Waals surface area contributed by atoms with Crippen LogP contribution in [-0.2, 0) is 4.79 Å². The number of aliphatic hydroxyl groups excluding tert-OH is 1. The van der Waals surface area contributed by atoms with Crippen molar-refractivity contribution in [3.8, 4) is 5.75 Å². The van der Waals surface area contributed by atoms with Gasteiger partial charge in [-0.3, -0.25) is 4.79 Å². The predicted molar refractivity (Wildman–Crippen MR) is 90.5 cm³/mol. The lowest BCUT2D eigenvalue weighted by molar-refractivity contribution is -0.127. The molecule has 3 rings (SSSR count). The maximum Gasteiger partial charge on any atom is 0.225 e. The molecule has 1 amide bonds. The fourth-order valence-corrected chi connectivity index (χ4v) is 3.98. The highest BCUT2D eigenvalue weighted by molar-refractivity contribution is 5.85. The molecule has 2 aliphatic rings. The van der Waals surface area contributed by atoms with Crippen LogP contribution < -0.4 is 15.8 Å². The molecule has 0 spiro atoms. The summed E-state index contributed by atoms with van der Waals surface area (Å²) in [6.07, 6.45) is 2.63. The zero-order valence-electron chi connectivity index (χ0n) is 13.3. The molecule has 0 heterocycles. The van der Waals surface area contributed by atoms with E-state index in [-0.39, 0.29) is 36.8 Å². The van der Waals surface area contributed by atoms with Crippen LogP contribution in [0.2, 0.25) is 0 Å². The van der Waals surface area contributed by atoms with Gasteiger partial charge in [0, 0.05) is 12.6 Å². The molecule has 5 unspecified atom stereocenters. The number of amides is 1. The average Bonchev–Trinajstić information content (AvgIpc) is 3.13. The van der Waals surface area contributed by atoms with Gasteiger partial charge in [0.05, 0.1) is 19.1 Å². The SMILES string of the molecule is COc1ccc(C(O)CNC(=O)C2C3CCC(C3)C2N)cc1.Cl. The summed E-state index contributed by atoms with van der Waals surface area (Å²) >= 11 is 0. The summed E-state index contributed by atoms with van der Waals surface area (Å²) in [5.41, 5.74) is 6.94. The van der Waals surface area contributed by atoms with Crippen LogP contribution >= 0.6 is 12.4 Å². The van der Waals surface area contributed by atoms with E-state index < -0.39 is 6.10 Å². The quantitative estimate of drug-likeness (QED) is 0.760. The number of ether oxygens (including phenoxy) is 1. The molecule has 128 valence electrons. The van der Waals surface area contributed by atoms with Gasteiger partial charge < -0.3 is 20.9 Å². The Balaban J connectivity index is 0.00000192.